The van der Waals surface area contributed by atoms with E-state index in [9.17, 15) is 0 Å². The van der Waals surface area contributed by atoms with Gasteiger partial charge in [-0.1, -0.05) is 0 Å². The molecule has 0 heterocycles. The van der Waals surface area contributed by atoms with Crippen molar-refractivity contribution in [1.82, 2.24) is 0 Å². The van der Waals surface area contributed by atoms with E-state index in [1.165, 1.54) is 0 Å². The Kier molecular flexibility index (Phi) is 153. The predicted molar refractivity (Wildman–Crippen MR) is 0 cm³/mol. The first kappa shape index (κ1) is 33.2. The van der Waals surface area contributed by atoms with Gasteiger partial charge in [0.05, 0.1) is 0 Å². The zero-order valence-corrected chi connectivity index (χ0v) is 8.85. The zero-order chi connectivity index (χ0) is 0. The van der Waals surface area contributed by atoms with E-state index in [2.05, 4.69) is 0 Å². The van der Waals surface area contributed by atoms with Gasteiger partial charge in [-0.3, -0.25) is 0 Å². The molecule has 0 aromatic heterocycles. The molecule has 25 valence electrons. The van der Waals surface area contributed by atoms with Gasteiger partial charge >= 0.3 is 26.2 Å². The minimum Gasteiger partial charge on any atom is -1.00 e. The molecule has 4 heavy (non-hydrogen) atoms. The molecule has 0 aliphatic heterocycles. The number of hydrogen-bond donors (Lipinski definition) is 0. The van der Waals surface area contributed by atoms with Gasteiger partial charge < -0.3 is 50.9 Å². The van der Waals surface area contributed by atoms with Crippen molar-refractivity contribution >= 4 is 0 Å². The fraction of sp³-hybridized carbons (Fsp3) is 0. The van der Waals surface area contributed by atoms with Gasteiger partial charge in [0.25, 0.3) is 0 Å². The second-order valence-electron chi connectivity index (χ2n) is 0. The minimum absolute atomic E-state index is 0. The fourth-order valence-electron chi connectivity index (χ4n) is 0. The molecule has 0 amide bonds. The van der Waals surface area contributed by atoms with Crippen LogP contribution in [0.3, 0.4) is 0 Å². The molecule has 0 saturated carbocycles. The van der Waals surface area contributed by atoms with Crippen LogP contribution in [0.15, 0.2) is 0 Å². The Morgan fingerprint density at radius 2 is 0.500 bits per heavy atom. The van der Waals surface area contributed by atoms with Gasteiger partial charge in [-0.2, -0.15) is 0 Å². The molecule has 4 heteroatoms. The van der Waals surface area contributed by atoms with Crippen LogP contribution in [0.2, 0.25) is 0 Å². The van der Waals surface area contributed by atoms with Crippen molar-refractivity contribution in [1.29, 1.82) is 0 Å². The summed E-state index contributed by atoms with van der Waals surface area (Å²) >= 11 is 0. The van der Waals surface area contributed by atoms with E-state index in [1.807, 2.05) is 0 Å². The van der Waals surface area contributed by atoms with Gasteiger partial charge in [0.2, 0.25) is 0 Å². The molecular formula is Br3Zr. The van der Waals surface area contributed by atoms with E-state index in [4.69, 9.17) is 0 Å². The van der Waals surface area contributed by atoms with Gasteiger partial charge in [0, 0.05) is 0 Å². The Bertz CT molecular complexity index is 3.25. The molecule has 1 radical (unpaired) electrons. The Labute approximate surface area is 76.2 Å². The summed E-state index contributed by atoms with van der Waals surface area (Å²) in [6, 6.07) is 0. The molecule has 0 fully saturated rings. The van der Waals surface area contributed by atoms with Crippen LogP contribution < -0.4 is 50.9 Å². The van der Waals surface area contributed by atoms with Gasteiger partial charge in [-0.05, 0) is 0 Å². The maximum absolute atomic E-state index is 0. The third kappa shape index (κ3) is 8.85. The molecule has 0 nitrogen and oxygen atoms in total. The average Bonchev–Trinajstić information content (AvgIpc) is 0. The minimum atomic E-state index is 0. The van der Waals surface area contributed by atoms with Crippen LogP contribution in [0.1, 0.15) is 0 Å². The SMILES string of the molecule is [Br-].[Br-].[Br-].[Zr+3]. The van der Waals surface area contributed by atoms with E-state index in [1.54, 1.807) is 0 Å². The smallest absolute Gasteiger partial charge is 1.00 e. The topological polar surface area (TPSA) is 0 Å². The Morgan fingerprint density at radius 3 is 0.500 bits per heavy atom. The van der Waals surface area contributed by atoms with E-state index >= 15 is 0 Å². The Hall–Kier alpha value is 2.32. The van der Waals surface area contributed by atoms with E-state index in [0.717, 1.165) is 0 Å². The zero-order valence-electron chi connectivity index (χ0n) is 1.63. The van der Waals surface area contributed by atoms with E-state index in [0.29, 0.717) is 0 Å². The average molecular weight is 331 g/mol. The van der Waals surface area contributed by atoms with Crippen molar-refractivity contribution in [2.45, 2.75) is 0 Å². The van der Waals surface area contributed by atoms with Gasteiger partial charge in [-0.25, -0.2) is 0 Å². The van der Waals surface area contributed by atoms with Crippen molar-refractivity contribution in [3.05, 3.63) is 0 Å². The number of hydrogen-bond acceptors (Lipinski definition) is 0. The van der Waals surface area contributed by atoms with Crippen LogP contribution in [0.5, 0.6) is 0 Å². The second kappa shape index (κ2) is 18.4. The summed E-state index contributed by atoms with van der Waals surface area (Å²) in [6.45, 7) is 0. The molecule has 0 N–H and O–H groups in total. The third-order valence-electron chi connectivity index (χ3n) is 0. The molecule has 0 aromatic carbocycles. The molecule has 0 rings (SSSR count). The van der Waals surface area contributed by atoms with Gasteiger partial charge in [0.1, 0.15) is 0 Å². The second-order valence-corrected chi connectivity index (χ2v) is 0. The maximum atomic E-state index is 0. The molecule has 0 aliphatic carbocycles. The molecule has 0 bridgehead atoms. The molecule has 0 aromatic rings. The standard InChI is InChI=1S/3BrH.Zr/h3*1H;/q;;;+3/p-3. The summed E-state index contributed by atoms with van der Waals surface area (Å²) in [7, 11) is 0. The molecule has 0 aliphatic rings. The maximum Gasteiger partial charge on any atom is 3.00 e. The molecule has 0 atom stereocenters. The monoisotopic (exact) mass is 327 g/mol. The van der Waals surface area contributed by atoms with Crippen LogP contribution in [-0.4, -0.2) is 0 Å². The quantitative estimate of drug-likeness (QED) is 0.414. The van der Waals surface area contributed by atoms with Crippen molar-refractivity contribution in [2.75, 3.05) is 0 Å². The first-order valence-corrected chi connectivity index (χ1v) is 0. The summed E-state index contributed by atoms with van der Waals surface area (Å²) in [5, 5.41) is 0. The van der Waals surface area contributed by atoms with E-state index < -0.39 is 0 Å². The van der Waals surface area contributed by atoms with Crippen LogP contribution in [0.4, 0.5) is 0 Å². The van der Waals surface area contributed by atoms with Crippen molar-refractivity contribution in [3.63, 3.8) is 0 Å². The Morgan fingerprint density at radius 1 is 0.500 bits per heavy atom. The predicted octanol–water partition coefficient (Wildman–Crippen LogP) is -8.99. The first-order valence-electron chi connectivity index (χ1n) is 0. The summed E-state index contributed by atoms with van der Waals surface area (Å²) in [5.74, 6) is 0. The summed E-state index contributed by atoms with van der Waals surface area (Å²) in [6.07, 6.45) is 0. The van der Waals surface area contributed by atoms with E-state index in [-0.39, 0.29) is 77.1 Å². The fourth-order valence-corrected chi connectivity index (χ4v) is 0. The molecule has 0 spiro atoms. The molecule has 0 unspecified atom stereocenters. The summed E-state index contributed by atoms with van der Waals surface area (Å²) in [5.41, 5.74) is 0. The number of halogens is 3. The van der Waals surface area contributed by atoms with Crippen LogP contribution in [-0.2, 0) is 26.2 Å². The van der Waals surface area contributed by atoms with Crippen molar-refractivity contribution in [2.24, 2.45) is 0 Å². The molecular weight excluding hydrogens is 331 g/mol. The van der Waals surface area contributed by atoms with Crippen LogP contribution in [0, 0.1) is 0 Å². The first-order chi connectivity index (χ1) is 0. The van der Waals surface area contributed by atoms with Crippen LogP contribution in [0.25, 0.3) is 0 Å². The number of rotatable bonds is 0. The van der Waals surface area contributed by atoms with Crippen LogP contribution >= 0.6 is 0 Å². The Balaban J connectivity index is 0. The normalized spacial score (nSPS) is 0. The van der Waals surface area contributed by atoms with Crippen molar-refractivity contribution < 1.29 is 77.1 Å². The third-order valence-corrected chi connectivity index (χ3v) is 0. The largest absolute Gasteiger partial charge is 3.00 e. The summed E-state index contributed by atoms with van der Waals surface area (Å²) < 4.78 is 0. The van der Waals surface area contributed by atoms with Crippen molar-refractivity contribution in [3.8, 4) is 0 Å². The van der Waals surface area contributed by atoms with Gasteiger partial charge in [-0.15, -0.1) is 0 Å². The molecule has 0 saturated heterocycles. The summed E-state index contributed by atoms with van der Waals surface area (Å²) in [4.78, 5) is 0. The van der Waals surface area contributed by atoms with Gasteiger partial charge in [0.15, 0.2) is 0 Å².